The monoisotopic (exact) mass is 417 g/mol. The minimum Gasteiger partial charge on any atom is -0.364 e. The summed E-state index contributed by atoms with van der Waals surface area (Å²) < 4.78 is 0. The Morgan fingerprint density at radius 3 is 2.68 bits per heavy atom. The van der Waals surface area contributed by atoms with Crippen LogP contribution in [0.2, 0.25) is 0 Å². The Morgan fingerprint density at radius 1 is 1.16 bits per heavy atom. The Kier molecular flexibility index (Phi) is 4.79. The van der Waals surface area contributed by atoms with Gasteiger partial charge in [0, 0.05) is 12.0 Å². The zero-order valence-electron chi connectivity index (χ0n) is 18.0. The third-order valence-electron chi connectivity index (χ3n) is 7.22. The number of aromatic amines is 1. The molecule has 2 aliphatic carbocycles. The van der Waals surface area contributed by atoms with Gasteiger partial charge in [0.25, 0.3) is 5.91 Å². The number of H-pyrrole nitrogens is 1. The van der Waals surface area contributed by atoms with Gasteiger partial charge in [0.2, 0.25) is 0 Å². The first-order chi connectivity index (χ1) is 14.9. The first-order valence-corrected chi connectivity index (χ1v) is 11.0. The predicted molar refractivity (Wildman–Crippen MR) is 115 cm³/mol. The maximum atomic E-state index is 11.7. The van der Waals surface area contributed by atoms with E-state index in [4.69, 9.17) is 5.73 Å². The number of nitrogens with zero attached hydrogens (tertiary/aromatic N) is 5. The van der Waals surface area contributed by atoms with Crippen LogP contribution in [0, 0.1) is 19.8 Å². The Bertz CT molecular complexity index is 1130. The number of nitrogens with one attached hydrogen (secondary N) is 1. The molecule has 1 spiro atoms. The number of carbonyl (C=O) groups excluding carboxylic acids is 1. The zero-order valence-corrected chi connectivity index (χ0v) is 18.0. The molecule has 2 heterocycles. The highest BCUT2D eigenvalue weighted by atomic mass is 16.1. The van der Waals surface area contributed by atoms with E-state index in [0.29, 0.717) is 11.6 Å². The van der Waals surface area contributed by atoms with Gasteiger partial charge in [-0.2, -0.15) is 5.21 Å². The number of fused-ring (bicyclic) bond motifs is 2. The van der Waals surface area contributed by atoms with Gasteiger partial charge in [0.05, 0.1) is 17.1 Å². The number of benzene rings is 1. The highest BCUT2D eigenvalue weighted by Gasteiger charge is 2.41. The van der Waals surface area contributed by atoms with Crippen LogP contribution in [0.5, 0.6) is 0 Å². The summed E-state index contributed by atoms with van der Waals surface area (Å²) in [4.78, 5) is 20.8. The van der Waals surface area contributed by atoms with Crippen LogP contribution in [0.4, 0.5) is 0 Å². The molecule has 0 aliphatic heterocycles. The van der Waals surface area contributed by atoms with E-state index in [-0.39, 0.29) is 11.1 Å². The molecule has 3 N–H and O–H groups in total. The number of amides is 1. The van der Waals surface area contributed by atoms with Crippen molar-refractivity contribution >= 4 is 5.91 Å². The second kappa shape index (κ2) is 7.51. The lowest BCUT2D eigenvalue weighted by atomic mass is 9.66. The maximum Gasteiger partial charge on any atom is 0.269 e. The number of carbonyl (C=O) groups is 1. The number of aromatic nitrogens is 6. The van der Waals surface area contributed by atoms with E-state index in [1.807, 2.05) is 6.92 Å². The highest BCUT2D eigenvalue weighted by molar-refractivity contribution is 5.92. The average Bonchev–Trinajstić information content (AvgIpc) is 3.38. The van der Waals surface area contributed by atoms with Gasteiger partial charge >= 0.3 is 0 Å². The quantitative estimate of drug-likeness (QED) is 0.673. The molecule has 2 aromatic heterocycles. The van der Waals surface area contributed by atoms with Crippen molar-refractivity contribution in [1.82, 2.24) is 30.6 Å². The summed E-state index contributed by atoms with van der Waals surface area (Å²) in [6.45, 7) is 3.70. The van der Waals surface area contributed by atoms with Gasteiger partial charge in [-0.05, 0) is 80.9 Å². The van der Waals surface area contributed by atoms with E-state index in [1.54, 1.807) is 6.92 Å². The molecule has 0 radical (unpaired) electrons. The summed E-state index contributed by atoms with van der Waals surface area (Å²) in [7, 11) is 0. The Labute approximate surface area is 181 Å². The van der Waals surface area contributed by atoms with Crippen LogP contribution in [-0.4, -0.2) is 36.5 Å². The first-order valence-electron chi connectivity index (χ1n) is 11.0. The molecule has 2 aliphatic rings. The number of aryl methyl sites for hydroxylation is 3. The number of tetrazole rings is 1. The van der Waals surface area contributed by atoms with E-state index in [1.165, 1.54) is 43.2 Å². The molecule has 1 saturated carbocycles. The van der Waals surface area contributed by atoms with Crippen molar-refractivity contribution in [2.24, 2.45) is 11.7 Å². The molecule has 0 saturated heterocycles. The van der Waals surface area contributed by atoms with Gasteiger partial charge in [-0.1, -0.05) is 17.3 Å². The minimum absolute atomic E-state index is 0.248. The Balaban J connectivity index is 1.39. The largest absolute Gasteiger partial charge is 0.364 e. The normalized spacial score (nSPS) is 22.6. The first kappa shape index (κ1) is 19.8. The van der Waals surface area contributed by atoms with Gasteiger partial charge in [-0.15, -0.1) is 10.2 Å². The van der Waals surface area contributed by atoms with Gasteiger partial charge < -0.3 is 5.73 Å². The lowest BCUT2D eigenvalue weighted by molar-refractivity contribution is 0.0994. The molecule has 3 aromatic rings. The second-order valence-electron chi connectivity index (χ2n) is 9.08. The summed E-state index contributed by atoms with van der Waals surface area (Å²) in [5.41, 5.74) is 12.1. The molecule has 1 amide bonds. The molecular weight excluding hydrogens is 390 g/mol. The third kappa shape index (κ3) is 3.49. The van der Waals surface area contributed by atoms with Crippen LogP contribution in [0.15, 0.2) is 18.2 Å². The van der Waals surface area contributed by atoms with E-state index in [2.05, 4.69) is 48.8 Å². The lowest BCUT2D eigenvalue weighted by Crippen LogP contribution is -2.30. The van der Waals surface area contributed by atoms with Crippen molar-refractivity contribution in [3.8, 4) is 11.3 Å². The van der Waals surface area contributed by atoms with Crippen molar-refractivity contribution in [2.75, 3.05) is 0 Å². The van der Waals surface area contributed by atoms with E-state index in [9.17, 15) is 4.79 Å². The fourth-order valence-corrected chi connectivity index (χ4v) is 5.59. The predicted octanol–water partition coefficient (Wildman–Crippen LogP) is 2.99. The van der Waals surface area contributed by atoms with Gasteiger partial charge in [0.1, 0.15) is 5.69 Å². The average molecular weight is 418 g/mol. The molecule has 8 nitrogen and oxygen atoms in total. The smallest absolute Gasteiger partial charge is 0.269 e. The number of rotatable bonds is 4. The van der Waals surface area contributed by atoms with Crippen LogP contribution in [0.1, 0.15) is 70.9 Å². The molecule has 1 fully saturated rings. The van der Waals surface area contributed by atoms with Crippen LogP contribution in [0.25, 0.3) is 11.3 Å². The summed E-state index contributed by atoms with van der Waals surface area (Å²) in [5, 5.41) is 14.5. The number of nitrogens with two attached hydrogens (primary N) is 1. The van der Waals surface area contributed by atoms with Crippen molar-refractivity contribution in [1.29, 1.82) is 0 Å². The molecular formula is C23H27N7O. The Morgan fingerprint density at radius 2 is 1.97 bits per heavy atom. The van der Waals surface area contributed by atoms with E-state index >= 15 is 0 Å². The second-order valence-corrected chi connectivity index (χ2v) is 9.08. The topological polar surface area (TPSA) is 123 Å². The number of hydrogen-bond donors (Lipinski definition) is 2. The molecule has 0 unspecified atom stereocenters. The standard InChI is InChI=1S/C23H27N7O/c1-13-20(26-21(22(24)31)14(2)25-13)17-3-4-18-16(12-17)7-10-23(18)8-5-15(6-9-23)11-19-27-29-30-28-19/h3-4,12,15H,5-11H2,1-2H3,(H2,24,31)(H,27,28,29,30). The molecule has 5 rings (SSSR count). The minimum atomic E-state index is -0.538. The lowest BCUT2D eigenvalue weighted by Gasteiger charge is -2.38. The molecule has 160 valence electrons. The fourth-order valence-electron chi connectivity index (χ4n) is 5.59. The fraction of sp³-hybridized carbons (Fsp3) is 0.478. The van der Waals surface area contributed by atoms with Crippen LogP contribution < -0.4 is 5.73 Å². The highest BCUT2D eigenvalue weighted by Crippen LogP contribution is 2.50. The number of hydrogen-bond acceptors (Lipinski definition) is 6. The summed E-state index contributed by atoms with van der Waals surface area (Å²) in [6.07, 6.45) is 7.99. The molecule has 8 heteroatoms. The Hall–Kier alpha value is -3.16. The van der Waals surface area contributed by atoms with Crippen molar-refractivity contribution in [3.63, 3.8) is 0 Å². The van der Waals surface area contributed by atoms with Crippen molar-refractivity contribution in [3.05, 3.63) is 52.2 Å². The van der Waals surface area contributed by atoms with Gasteiger partial charge in [0.15, 0.2) is 5.82 Å². The molecule has 0 bridgehead atoms. The van der Waals surface area contributed by atoms with E-state index < -0.39 is 5.91 Å². The van der Waals surface area contributed by atoms with Gasteiger partial charge in [-0.3, -0.25) is 9.78 Å². The van der Waals surface area contributed by atoms with E-state index in [0.717, 1.165) is 35.6 Å². The van der Waals surface area contributed by atoms with Gasteiger partial charge in [-0.25, -0.2) is 4.98 Å². The maximum absolute atomic E-state index is 11.7. The van der Waals surface area contributed by atoms with Crippen molar-refractivity contribution in [2.45, 2.75) is 64.2 Å². The number of primary amides is 1. The van der Waals surface area contributed by atoms with Crippen LogP contribution in [0.3, 0.4) is 0 Å². The third-order valence-corrected chi connectivity index (χ3v) is 7.22. The van der Waals surface area contributed by atoms with Crippen LogP contribution >= 0.6 is 0 Å². The van der Waals surface area contributed by atoms with Crippen LogP contribution in [-0.2, 0) is 18.3 Å². The summed E-state index contributed by atoms with van der Waals surface area (Å²) in [5.74, 6) is 0.913. The molecule has 0 atom stereocenters. The summed E-state index contributed by atoms with van der Waals surface area (Å²) >= 11 is 0. The SMILES string of the molecule is Cc1nc(C)c(-c2ccc3c(c2)CCC32CCC(Cc3nn[nH]n3)CC2)nc1C(N)=O. The zero-order chi connectivity index (χ0) is 21.6. The molecule has 31 heavy (non-hydrogen) atoms. The molecule has 1 aromatic carbocycles. The summed E-state index contributed by atoms with van der Waals surface area (Å²) in [6, 6.07) is 6.66. The van der Waals surface area contributed by atoms with Crippen molar-refractivity contribution < 1.29 is 4.79 Å².